The Kier molecular flexibility index (Phi) is 3.31. The quantitative estimate of drug-likeness (QED) is 0.636. The molecule has 1 unspecified atom stereocenters. The molecule has 4 rings (SSSR count). The molecule has 1 aromatic carbocycles. The Labute approximate surface area is 143 Å². The molecule has 1 aromatic heterocycles. The highest BCUT2D eigenvalue weighted by Crippen LogP contribution is 2.50. The van der Waals surface area contributed by atoms with Crippen LogP contribution in [0.25, 0.3) is 11.0 Å². The Morgan fingerprint density at radius 2 is 2.00 bits per heavy atom. The molecule has 2 aromatic rings. The van der Waals surface area contributed by atoms with Gasteiger partial charge < -0.3 is 9.32 Å². The predicted molar refractivity (Wildman–Crippen MR) is 90.3 cm³/mol. The van der Waals surface area contributed by atoms with E-state index in [1.54, 1.807) is 6.07 Å². The number of benzene rings is 1. The summed E-state index contributed by atoms with van der Waals surface area (Å²) in [6.07, 6.45) is -2.24. The fourth-order valence-electron chi connectivity index (χ4n) is 4.64. The van der Waals surface area contributed by atoms with E-state index in [1.165, 1.54) is 0 Å². The van der Waals surface area contributed by atoms with Gasteiger partial charge in [0.05, 0.1) is 5.56 Å². The van der Waals surface area contributed by atoms with Crippen LogP contribution >= 0.6 is 0 Å². The van der Waals surface area contributed by atoms with Gasteiger partial charge in [0.1, 0.15) is 5.58 Å². The smallest absolute Gasteiger partial charge is 0.417 e. The Morgan fingerprint density at radius 3 is 2.68 bits per heavy atom. The summed E-state index contributed by atoms with van der Waals surface area (Å²) in [6, 6.07) is 2.16. The van der Waals surface area contributed by atoms with Crippen LogP contribution in [0.15, 0.2) is 21.3 Å². The number of hydrogen-bond acceptors (Lipinski definition) is 3. The van der Waals surface area contributed by atoms with Crippen LogP contribution in [0.2, 0.25) is 0 Å². The van der Waals surface area contributed by atoms with Crippen LogP contribution in [0.4, 0.5) is 18.9 Å². The van der Waals surface area contributed by atoms with E-state index in [4.69, 9.17) is 4.42 Å². The van der Waals surface area contributed by atoms with Crippen molar-refractivity contribution in [2.45, 2.75) is 57.7 Å². The zero-order valence-electron chi connectivity index (χ0n) is 14.5. The summed E-state index contributed by atoms with van der Waals surface area (Å²) in [5.41, 5.74) is 0.848. The van der Waals surface area contributed by atoms with Crippen molar-refractivity contribution in [3.8, 4) is 0 Å². The summed E-state index contributed by atoms with van der Waals surface area (Å²) in [5.74, 6) is 0.149. The van der Waals surface area contributed by atoms with E-state index >= 15 is 0 Å². The second-order valence-electron chi connectivity index (χ2n) is 7.82. The maximum Gasteiger partial charge on any atom is 0.417 e. The lowest BCUT2D eigenvalue weighted by Crippen LogP contribution is -2.50. The topological polar surface area (TPSA) is 33.5 Å². The highest BCUT2D eigenvalue weighted by atomic mass is 19.4. The van der Waals surface area contributed by atoms with Crippen molar-refractivity contribution in [1.82, 2.24) is 0 Å². The Morgan fingerprint density at radius 1 is 1.28 bits per heavy atom. The summed E-state index contributed by atoms with van der Waals surface area (Å²) in [6.45, 7) is 7.25. The molecule has 2 aliphatic heterocycles. The molecule has 3 nitrogen and oxygen atoms in total. The van der Waals surface area contributed by atoms with Crippen LogP contribution in [0.5, 0.6) is 0 Å². The van der Waals surface area contributed by atoms with Crippen LogP contribution in [-0.4, -0.2) is 12.1 Å². The van der Waals surface area contributed by atoms with Crippen molar-refractivity contribution in [2.24, 2.45) is 0 Å². The molecular formula is C19H20F3NO2. The third-order valence-electron chi connectivity index (χ3n) is 5.58. The third kappa shape index (κ3) is 2.37. The van der Waals surface area contributed by atoms with E-state index in [0.29, 0.717) is 12.5 Å². The fourth-order valence-corrected chi connectivity index (χ4v) is 4.64. The number of alkyl halides is 3. The monoisotopic (exact) mass is 351 g/mol. The summed E-state index contributed by atoms with van der Waals surface area (Å²) in [7, 11) is 0. The van der Waals surface area contributed by atoms with Crippen LogP contribution in [0, 0.1) is 0 Å². The molecule has 2 aliphatic rings. The summed E-state index contributed by atoms with van der Waals surface area (Å²) >= 11 is 0. The molecule has 0 saturated heterocycles. The molecule has 0 amide bonds. The minimum absolute atomic E-state index is 0.00857. The maximum absolute atomic E-state index is 13.5. The highest BCUT2D eigenvalue weighted by Gasteiger charge is 2.42. The number of fused-ring (bicyclic) bond motifs is 2. The van der Waals surface area contributed by atoms with Crippen LogP contribution in [-0.2, 0) is 12.6 Å². The molecule has 134 valence electrons. The average Bonchev–Trinajstić information content (AvgIpc) is 2.50. The molecule has 0 aliphatic carbocycles. The molecule has 0 fully saturated rings. The van der Waals surface area contributed by atoms with Crippen molar-refractivity contribution >= 4 is 16.7 Å². The van der Waals surface area contributed by atoms with Crippen molar-refractivity contribution in [1.29, 1.82) is 0 Å². The van der Waals surface area contributed by atoms with Gasteiger partial charge in [-0.2, -0.15) is 13.2 Å². The minimum Gasteiger partial charge on any atom is -0.422 e. The van der Waals surface area contributed by atoms with Crippen molar-refractivity contribution < 1.29 is 17.6 Å². The molecule has 0 spiro atoms. The largest absolute Gasteiger partial charge is 0.422 e. The van der Waals surface area contributed by atoms with Crippen molar-refractivity contribution in [3.05, 3.63) is 39.2 Å². The first-order chi connectivity index (χ1) is 11.6. The first-order valence-electron chi connectivity index (χ1n) is 8.58. The molecule has 0 saturated carbocycles. The third-order valence-corrected chi connectivity index (χ3v) is 5.58. The number of anilines is 1. The molecule has 25 heavy (non-hydrogen) atoms. The zero-order chi connectivity index (χ0) is 18.1. The Balaban J connectivity index is 2.14. The first-order valence-corrected chi connectivity index (χ1v) is 8.58. The van der Waals surface area contributed by atoms with Gasteiger partial charge >= 0.3 is 11.8 Å². The van der Waals surface area contributed by atoms with Crippen LogP contribution < -0.4 is 10.5 Å². The van der Waals surface area contributed by atoms with E-state index in [9.17, 15) is 18.0 Å². The van der Waals surface area contributed by atoms with Gasteiger partial charge in [-0.25, -0.2) is 4.79 Å². The van der Waals surface area contributed by atoms with Gasteiger partial charge in [-0.15, -0.1) is 0 Å². The van der Waals surface area contributed by atoms with Gasteiger partial charge in [-0.05, 0) is 50.7 Å². The van der Waals surface area contributed by atoms with E-state index in [2.05, 4.69) is 25.7 Å². The van der Waals surface area contributed by atoms with Crippen molar-refractivity contribution in [2.75, 3.05) is 11.4 Å². The lowest BCUT2D eigenvalue weighted by molar-refractivity contribution is -0.136. The number of nitrogens with zero attached hydrogens (tertiary/aromatic N) is 1. The van der Waals surface area contributed by atoms with Gasteiger partial charge in [-0.1, -0.05) is 6.92 Å². The summed E-state index contributed by atoms with van der Waals surface area (Å²) < 4.78 is 45.7. The van der Waals surface area contributed by atoms with Crippen molar-refractivity contribution in [3.63, 3.8) is 0 Å². The van der Waals surface area contributed by atoms with E-state index in [0.717, 1.165) is 36.2 Å². The molecule has 0 N–H and O–H groups in total. The number of halogens is 3. The van der Waals surface area contributed by atoms with E-state index < -0.39 is 17.4 Å². The van der Waals surface area contributed by atoms with Gasteiger partial charge in [0.15, 0.2) is 0 Å². The van der Waals surface area contributed by atoms with Gasteiger partial charge in [-0.3, -0.25) is 0 Å². The molecule has 1 atom stereocenters. The minimum atomic E-state index is -4.58. The Hall–Kier alpha value is -1.98. The van der Waals surface area contributed by atoms with E-state index in [-0.39, 0.29) is 22.4 Å². The van der Waals surface area contributed by atoms with Gasteiger partial charge in [0.2, 0.25) is 0 Å². The number of hydrogen-bond donors (Lipinski definition) is 0. The Bertz CT molecular complexity index is 927. The maximum atomic E-state index is 13.5. The molecule has 6 heteroatoms. The fraction of sp³-hybridized carbons (Fsp3) is 0.526. The first kappa shape index (κ1) is 16.5. The second kappa shape index (κ2) is 5.02. The van der Waals surface area contributed by atoms with Crippen LogP contribution in [0.3, 0.4) is 0 Å². The molecule has 0 bridgehead atoms. The standard InChI is InChI=1S/C19H20F3NO2/c1-10-9-18(2,3)23-6-4-5-11-16(23)12(10)7-13-14(19(20,21)22)8-15(24)25-17(11)13/h7-8,10H,4-6,9H2,1-3H3. The highest BCUT2D eigenvalue weighted by molar-refractivity contribution is 5.91. The predicted octanol–water partition coefficient (Wildman–Crippen LogP) is 4.85. The molecular weight excluding hydrogens is 331 g/mol. The molecule has 0 radical (unpaired) electrons. The summed E-state index contributed by atoms with van der Waals surface area (Å²) in [4.78, 5) is 14.1. The normalized spacial score (nSPS) is 22.2. The second-order valence-corrected chi connectivity index (χ2v) is 7.82. The lowest BCUT2D eigenvalue weighted by Gasteiger charge is -2.50. The lowest BCUT2D eigenvalue weighted by atomic mass is 9.76. The van der Waals surface area contributed by atoms with E-state index in [1.807, 2.05) is 0 Å². The molecule has 3 heterocycles. The van der Waals surface area contributed by atoms with Crippen LogP contribution in [0.1, 0.15) is 56.2 Å². The zero-order valence-corrected chi connectivity index (χ0v) is 14.5. The number of rotatable bonds is 0. The van der Waals surface area contributed by atoms with Gasteiger partial charge in [0.25, 0.3) is 0 Å². The van der Waals surface area contributed by atoms with Gasteiger partial charge in [0, 0.05) is 34.8 Å². The number of aryl methyl sites for hydroxylation is 1. The average molecular weight is 351 g/mol. The summed E-state index contributed by atoms with van der Waals surface area (Å²) in [5, 5.41) is 0.00857. The SMILES string of the molecule is CC1CC(C)(C)N2CCCc3c2c1cc1c(C(F)(F)F)cc(=O)oc31.